The molecule has 6 nitrogen and oxygen atoms in total. The maximum atomic E-state index is 12.5. The summed E-state index contributed by atoms with van der Waals surface area (Å²) in [7, 11) is 0. The van der Waals surface area contributed by atoms with Gasteiger partial charge >= 0.3 is 0 Å². The zero-order valence-corrected chi connectivity index (χ0v) is 14.2. The van der Waals surface area contributed by atoms with Gasteiger partial charge in [0, 0.05) is 11.7 Å². The van der Waals surface area contributed by atoms with E-state index in [9.17, 15) is 10.1 Å². The molecule has 1 aliphatic carbocycles. The van der Waals surface area contributed by atoms with E-state index < -0.39 is 0 Å². The fourth-order valence-corrected chi connectivity index (χ4v) is 3.06. The number of carbonyl (C=O) groups excluding carboxylic acids is 1. The Bertz CT molecular complexity index is 806. The van der Waals surface area contributed by atoms with Crippen molar-refractivity contribution in [3.63, 3.8) is 0 Å². The first-order valence-corrected chi connectivity index (χ1v) is 8.58. The minimum atomic E-state index is -0.172. The minimum absolute atomic E-state index is 0.172. The summed E-state index contributed by atoms with van der Waals surface area (Å²) in [5.41, 5.74) is 2.16. The summed E-state index contributed by atoms with van der Waals surface area (Å²) in [5, 5.41) is 15.3. The van der Waals surface area contributed by atoms with Gasteiger partial charge < -0.3 is 10.6 Å². The van der Waals surface area contributed by atoms with Gasteiger partial charge in [0.15, 0.2) is 0 Å². The van der Waals surface area contributed by atoms with Gasteiger partial charge in [0.25, 0.3) is 5.91 Å². The topological polar surface area (TPSA) is 90.7 Å². The van der Waals surface area contributed by atoms with Crippen LogP contribution < -0.4 is 10.6 Å². The van der Waals surface area contributed by atoms with Crippen LogP contribution in [0.2, 0.25) is 0 Å². The molecule has 1 amide bonds. The van der Waals surface area contributed by atoms with Gasteiger partial charge in [0.05, 0.1) is 11.3 Å². The van der Waals surface area contributed by atoms with E-state index in [2.05, 4.69) is 26.7 Å². The molecule has 1 aliphatic rings. The van der Waals surface area contributed by atoms with Crippen molar-refractivity contribution in [3.05, 3.63) is 47.3 Å². The largest absolute Gasteiger partial charge is 0.348 e. The molecule has 0 atom stereocenters. The molecule has 25 heavy (non-hydrogen) atoms. The second kappa shape index (κ2) is 7.75. The molecule has 1 aromatic carbocycles. The normalized spacial score (nSPS) is 14.6. The number of carbonyl (C=O) groups is 1. The van der Waals surface area contributed by atoms with Gasteiger partial charge in [-0.2, -0.15) is 5.26 Å². The van der Waals surface area contributed by atoms with E-state index in [1.807, 2.05) is 13.0 Å². The lowest BCUT2D eigenvalue weighted by molar-refractivity contribution is 0.0922. The molecule has 0 bridgehead atoms. The van der Waals surface area contributed by atoms with E-state index in [4.69, 9.17) is 0 Å². The first-order chi connectivity index (χ1) is 12.2. The number of anilines is 2. The summed E-state index contributed by atoms with van der Waals surface area (Å²) in [6.45, 7) is 1.82. The van der Waals surface area contributed by atoms with E-state index in [1.54, 1.807) is 24.3 Å². The zero-order valence-electron chi connectivity index (χ0n) is 14.2. The second-order valence-electron chi connectivity index (χ2n) is 6.31. The van der Waals surface area contributed by atoms with Crippen molar-refractivity contribution < 1.29 is 4.79 Å². The second-order valence-corrected chi connectivity index (χ2v) is 6.31. The molecule has 0 spiro atoms. The van der Waals surface area contributed by atoms with Crippen molar-refractivity contribution in [1.29, 1.82) is 5.26 Å². The highest BCUT2D eigenvalue weighted by Gasteiger charge is 2.18. The van der Waals surface area contributed by atoms with Crippen LogP contribution in [0, 0.1) is 18.3 Å². The van der Waals surface area contributed by atoms with Crippen molar-refractivity contribution in [2.75, 3.05) is 5.32 Å². The Kier molecular flexibility index (Phi) is 5.24. The Morgan fingerprint density at radius 3 is 2.72 bits per heavy atom. The van der Waals surface area contributed by atoms with Crippen molar-refractivity contribution in [3.8, 4) is 6.07 Å². The summed E-state index contributed by atoms with van der Waals surface area (Å²) >= 11 is 0. The molecule has 0 saturated heterocycles. The SMILES string of the molecule is Cc1cc(C(=O)NC2CCCCC2)nc(Nc2ccccc2C#N)n1. The third-order valence-electron chi connectivity index (χ3n) is 4.32. The highest BCUT2D eigenvalue weighted by atomic mass is 16.1. The molecule has 6 heteroatoms. The van der Waals surface area contributed by atoms with Crippen LogP contribution >= 0.6 is 0 Å². The number of rotatable bonds is 4. The zero-order chi connectivity index (χ0) is 17.6. The average molecular weight is 335 g/mol. The quantitative estimate of drug-likeness (QED) is 0.893. The molecular weight excluding hydrogens is 314 g/mol. The van der Waals surface area contributed by atoms with Crippen LogP contribution in [0.25, 0.3) is 0 Å². The number of amides is 1. The van der Waals surface area contributed by atoms with Crippen molar-refractivity contribution in [2.24, 2.45) is 0 Å². The van der Waals surface area contributed by atoms with Gasteiger partial charge in [-0.05, 0) is 38.0 Å². The molecular formula is C19H21N5O. The minimum Gasteiger partial charge on any atom is -0.348 e. The van der Waals surface area contributed by atoms with Gasteiger partial charge in [-0.15, -0.1) is 0 Å². The van der Waals surface area contributed by atoms with Gasteiger partial charge in [0.1, 0.15) is 11.8 Å². The van der Waals surface area contributed by atoms with Gasteiger partial charge in [-0.1, -0.05) is 31.4 Å². The Hall–Kier alpha value is -2.94. The number of aromatic nitrogens is 2. The van der Waals surface area contributed by atoms with Crippen LogP contribution in [-0.2, 0) is 0 Å². The summed E-state index contributed by atoms with van der Waals surface area (Å²) in [4.78, 5) is 21.2. The first-order valence-electron chi connectivity index (χ1n) is 8.58. The highest BCUT2D eigenvalue weighted by molar-refractivity contribution is 5.93. The molecule has 0 unspecified atom stereocenters. The number of hydrogen-bond donors (Lipinski definition) is 2. The van der Waals surface area contributed by atoms with Crippen LogP contribution in [0.1, 0.15) is 53.8 Å². The predicted molar refractivity (Wildman–Crippen MR) is 95.5 cm³/mol. The summed E-state index contributed by atoms with van der Waals surface area (Å²) in [5.74, 6) is 0.144. The molecule has 1 fully saturated rings. The molecule has 1 aromatic heterocycles. The van der Waals surface area contributed by atoms with Crippen LogP contribution in [0.5, 0.6) is 0 Å². The summed E-state index contributed by atoms with van der Waals surface area (Å²) in [6.07, 6.45) is 5.61. The van der Waals surface area contributed by atoms with Crippen molar-refractivity contribution >= 4 is 17.5 Å². The lowest BCUT2D eigenvalue weighted by Crippen LogP contribution is -2.36. The number of aryl methyl sites for hydroxylation is 1. The molecule has 1 saturated carbocycles. The average Bonchev–Trinajstić information content (AvgIpc) is 2.62. The first kappa shape index (κ1) is 16.9. The molecule has 2 N–H and O–H groups in total. The Morgan fingerprint density at radius 1 is 1.20 bits per heavy atom. The van der Waals surface area contributed by atoms with E-state index in [1.165, 1.54) is 6.42 Å². The molecule has 0 aliphatic heterocycles. The monoisotopic (exact) mass is 335 g/mol. The van der Waals surface area contributed by atoms with Gasteiger partial charge in [-0.25, -0.2) is 9.97 Å². The number of hydrogen-bond acceptors (Lipinski definition) is 5. The fourth-order valence-electron chi connectivity index (χ4n) is 3.06. The van der Waals surface area contributed by atoms with Gasteiger partial charge in [0.2, 0.25) is 5.95 Å². The van der Waals surface area contributed by atoms with Crippen LogP contribution in [0.15, 0.2) is 30.3 Å². The summed E-state index contributed by atoms with van der Waals surface area (Å²) in [6, 6.07) is 11.2. The maximum absolute atomic E-state index is 12.5. The fraction of sp³-hybridized carbons (Fsp3) is 0.368. The molecule has 2 aromatic rings. The Morgan fingerprint density at radius 2 is 1.96 bits per heavy atom. The highest BCUT2D eigenvalue weighted by Crippen LogP contribution is 2.20. The Balaban J connectivity index is 1.78. The van der Waals surface area contributed by atoms with Crippen molar-refractivity contribution in [2.45, 2.75) is 45.1 Å². The number of para-hydroxylation sites is 1. The van der Waals surface area contributed by atoms with E-state index >= 15 is 0 Å². The standard InChI is InChI=1S/C19H21N5O/c1-13-11-17(18(25)22-15-8-3-2-4-9-15)24-19(21-13)23-16-10-6-5-7-14(16)12-20/h5-7,10-11,15H,2-4,8-9H2,1H3,(H,22,25)(H,21,23,24). The smallest absolute Gasteiger partial charge is 0.270 e. The maximum Gasteiger partial charge on any atom is 0.270 e. The number of benzene rings is 1. The molecule has 1 heterocycles. The van der Waals surface area contributed by atoms with Crippen LogP contribution in [0.3, 0.4) is 0 Å². The third kappa shape index (κ3) is 4.32. The molecule has 3 rings (SSSR count). The molecule has 0 radical (unpaired) electrons. The van der Waals surface area contributed by atoms with Crippen molar-refractivity contribution in [1.82, 2.24) is 15.3 Å². The summed E-state index contributed by atoms with van der Waals surface area (Å²) < 4.78 is 0. The lowest BCUT2D eigenvalue weighted by Gasteiger charge is -2.22. The lowest BCUT2D eigenvalue weighted by atomic mass is 9.95. The predicted octanol–water partition coefficient (Wildman–Crippen LogP) is 3.46. The molecule has 128 valence electrons. The van der Waals surface area contributed by atoms with Crippen LogP contribution in [-0.4, -0.2) is 21.9 Å². The Labute approximate surface area is 147 Å². The number of nitrogens with one attached hydrogen (secondary N) is 2. The third-order valence-corrected chi connectivity index (χ3v) is 4.32. The van der Waals surface area contributed by atoms with Crippen LogP contribution in [0.4, 0.5) is 11.6 Å². The van der Waals surface area contributed by atoms with E-state index in [0.717, 1.165) is 25.7 Å². The van der Waals surface area contributed by atoms with E-state index in [-0.39, 0.29) is 11.9 Å². The number of nitriles is 1. The van der Waals surface area contributed by atoms with E-state index in [0.29, 0.717) is 28.6 Å². The van der Waals surface area contributed by atoms with Gasteiger partial charge in [-0.3, -0.25) is 4.79 Å². The number of nitrogens with zero attached hydrogens (tertiary/aromatic N) is 3.